The summed E-state index contributed by atoms with van der Waals surface area (Å²) >= 11 is 2.22. The summed E-state index contributed by atoms with van der Waals surface area (Å²) in [6.45, 7) is 0.728. The molecule has 1 unspecified atom stereocenters. The normalized spacial score (nSPS) is 17.0. The van der Waals surface area contributed by atoms with Crippen molar-refractivity contribution in [3.8, 4) is 5.75 Å². The van der Waals surface area contributed by atoms with E-state index >= 15 is 0 Å². The van der Waals surface area contributed by atoms with Crippen LogP contribution in [0.2, 0.25) is 0 Å². The molecule has 1 aliphatic rings. The zero-order chi connectivity index (χ0) is 19.2. The van der Waals surface area contributed by atoms with Crippen LogP contribution in [0, 0.1) is 3.57 Å². The van der Waals surface area contributed by atoms with E-state index in [0.717, 1.165) is 27.7 Å². The molecule has 2 aromatic rings. The van der Waals surface area contributed by atoms with Gasteiger partial charge in [-0.25, -0.2) is 0 Å². The predicted octanol–water partition coefficient (Wildman–Crippen LogP) is 2.80. The van der Waals surface area contributed by atoms with Crippen molar-refractivity contribution >= 4 is 34.4 Å². The van der Waals surface area contributed by atoms with Crippen LogP contribution in [-0.4, -0.2) is 43.0 Å². The molecular formula is C21H23IN2O3. The zero-order valence-electron chi connectivity index (χ0n) is 15.3. The Morgan fingerprint density at radius 3 is 2.67 bits per heavy atom. The lowest BCUT2D eigenvalue weighted by molar-refractivity contribution is -0.144. The molecule has 0 bridgehead atoms. The van der Waals surface area contributed by atoms with Crippen molar-refractivity contribution in [3.63, 3.8) is 0 Å². The number of carbonyl (C=O) groups excluding carboxylic acids is 2. The van der Waals surface area contributed by atoms with Gasteiger partial charge in [-0.1, -0.05) is 42.5 Å². The lowest BCUT2D eigenvalue weighted by Crippen LogP contribution is -2.58. The Morgan fingerprint density at radius 1 is 1.15 bits per heavy atom. The lowest BCUT2D eigenvalue weighted by Gasteiger charge is -2.33. The third-order valence-electron chi connectivity index (χ3n) is 4.70. The van der Waals surface area contributed by atoms with Crippen molar-refractivity contribution in [1.29, 1.82) is 0 Å². The van der Waals surface area contributed by atoms with E-state index in [1.54, 1.807) is 12.0 Å². The Bertz CT molecular complexity index is 810. The molecule has 0 aliphatic carbocycles. The standard InChI is InChI=1S/C21H23IN2O3/c1-27-18-11-5-10-16(20(18)22)13-17-21(26)24(14-19(25)23-17)12-6-9-15-7-3-2-4-8-15/h2-5,7-8,10-11,17H,6,9,12-14H2,1H3,(H,23,25). The van der Waals surface area contributed by atoms with E-state index in [1.807, 2.05) is 36.4 Å². The number of piperazine rings is 1. The van der Waals surface area contributed by atoms with Crippen molar-refractivity contribution in [2.75, 3.05) is 20.2 Å². The smallest absolute Gasteiger partial charge is 0.245 e. The minimum absolute atomic E-state index is 0.0127. The van der Waals surface area contributed by atoms with Gasteiger partial charge >= 0.3 is 0 Å². The molecule has 142 valence electrons. The minimum Gasteiger partial charge on any atom is -0.496 e. The highest BCUT2D eigenvalue weighted by molar-refractivity contribution is 14.1. The van der Waals surface area contributed by atoms with Crippen molar-refractivity contribution in [2.45, 2.75) is 25.3 Å². The molecule has 2 amide bonds. The molecule has 0 saturated carbocycles. The van der Waals surface area contributed by atoms with Crippen molar-refractivity contribution in [3.05, 3.63) is 63.2 Å². The van der Waals surface area contributed by atoms with Crippen LogP contribution >= 0.6 is 22.6 Å². The van der Waals surface area contributed by atoms with E-state index in [4.69, 9.17) is 4.74 Å². The van der Waals surface area contributed by atoms with Crippen LogP contribution in [0.25, 0.3) is 0 Å². The van der Waals surface area contributed by atoms with Gasteiger partial charge in [0.1, 0.15) is 11.8 Å². The van der Waals surface area contributed by atoms with Gasteiger partial charge in [0.2, 0.25) is 11.8 Å². The number of hydrogen-bond acceptors (Lipinski definition) is 3. The fourth-order valence-electron chi connectivity index (χ4n) is 3.31. The molecule has 0 radical (unpaired) electrons. The van der Waals surface area contributed by atoms with Crippen LogP contribution < -0.4 is 10.1 Å². The number of halogens is 1. The minimum atomic E-state index is -0.524. The maximum atomic E-state index is 12.9. The number of nitrogens with zero attached hydrogens (tertiary/aromatic N) is 1. The SMILES string of the molecule is COc1cccc(CC2NC(=O)CN(CCCc3ccccc3)C2=O)c1I. The summed E-state index contributed by atoms with van der Waals surface area (Å²) < 4.78 is 6.32. The zero-order valence-corrected chi connectivity index (χ0v) is 17.4. The molecular weight excluding hydrogens is 455 g/mol. The van der Waals surface area contributed by atoms with Gasteiger partial charge in [-0.2, -0.15) is 0 Å². The van der Waals surface area contributed by atoms with Crippen LogP contribution in [0.5, 0.6) is 5.75 Å². The van der Waals surface area contributed by atoms with Gasteiger partial charge in [-0.05, 0) is 52.6 Å². The summed E-state index contributed by atoms with van der Waals surface area (Å²) in [5.41, 5.74) is 2.24. The molecule has 1 N–H and O–H groups in total. The highest BCUT2D eigenvalue weighted by atomic mass is 127. The molecule has 5 nitrogen and oxygen atoms in total. The van der Waals surface area contributed by atoms with Crippen molar-refractivity contribution in [1.82, 2.24) is 10.2 Å². The van der Waals surface area contributed by atoms with E-state index in [1.165, 1.54) is 5.56 Å². The van der Waals surface area contributed by atoms with Gasteiger partial charge in [0.05, 0.1) is 17.2 Å². The number of benzene rings is 2. The average molecular weight is 478 g/mol. The van der Waals surface area contributed by atoms with E-state index in [-0.39, 0.29) is 18.4 Å². The van der Waals surface area contributed by atoms with Crippen LogP contribution in [0.1, 0.15) is 17.5 Å². The third-order valence-corrected chi connectivity index (χ3v) is 5.93. The number of methoxy groups -OCH3 is 1. The summed E-state index contributed by atoms with van der Waals surface area (Å²) in [4.78, 5) is 26.7. The highest BCUT2D eigenvalue weighted by Crippen LogP contribution is 2.25. The fraction of sp³-hybridized carbons (Fsp3) is 0.333. The Hall–Kier alpha value is -2.09. The number of rotatable bonds is 7. The second-order valence-corrected chi connectivity index (χ2v) is 7.69. The van der Waals surface area contributed by atoms with E-state index < -0.39 is 6.04 Å². The molecule has 1 fully saturated rings. The number of nitrogens with one attached hydrogen (secondary N) is 1. The van der Waals surface area contributed by atoms with Crippen LogP contribution in [0.15, 0.2) is 48.5 Å². The summed E-state index contributed by atoms with van der Waals surface area (Å²) in [7, 11) is 1.63. The Labute approximate surface area is 173 Å². The second kappa shape index (κ2) is 9.21. The quantitative estimate of drug-likeness (QED) is 0.623. The first-order valence-electron chi connectivity index (χ1n) is 9.02. The van der Waals surface area contributed by atoms with Crippen LogP contribution in [-0.2, 0) is 22.4 Å². The second-order valence-electron chi connectivity index (χ2n) is 6.61. The Kier molecular flexibility index (Phi) is 6.71. The molecule has 0 aromatic heterocycles. The van der Waals surface area contributed by atoms with Crippen LogP contribution in [0.4, 0.5) is 0 Å². The molecule has 2 aromatic carbocycles. The first-order chi connectivity index (χ1) is 13.1. The molecule has 27 heavy (non-hydrogen) atoms. The van der Waals surface area contributed by atoms with E-state index in [9.17, 15) is 9.59 Å². The van der Waals surface area contributed by atoms with Crippen molar-refractivity contribution in [2.24, 2.45) is 0 Å². The maximum Gasteiger partial charge on any atom is 0.245 e. The summed E-state index contributed by atoms with van der Waals surface area (Å²) in [5.74, 6) is 0.667. The Balaban J connectivity index is 1.63. The van der Waals surface area contributed by atoms with Gasteiger partial charge in [0, 0.05) is 13.0 Å². The summed E-state index contributed by atoms with van der Waals surface area (Å²) in [6.07, 6.45) is 2.20. The molecule has 0 spiro atoms. The van der Waals surface area contributed by atoms with Gasteiger partial charge in [0.25, 0.3) is 0 Å². The molecule has 1 aliphatic heterocycles. The third kappa shape index (κ3) is 5.00. The Morgan fingerprint density at radius 2 is 1.93 bits per heavy atom. The average Bonchev–Trinajstić information content (AvgIpc) is 2.67. The highest BCUT2D eigenvalue weighted by Gasteiger charge is 2.32. The first kappa shape index (κ1) is 19.7. The maximum absolute atomic E-state index is 12.9. The van der Waals surface area contributed by atoms with Crippen LogP contribution in [0.3, 0.4) is 0 Å². The predicted molar refractivity (Wildman–Crippen MR) is 113 cm³/mol. The van der Waals surface area contributed by atoms with Gasteiger partial charge in [-0.15, -0.1) is 0 Å². The first-order valence-corrected chi connectivity index (χ1v) is 10.1. The monoisotopic (exact) mass is 478 g/mol. The summed E-state index contributed by atoms with van der Waals surface area (Å²) in [5, 5.41) is 2.84. The fourth-order valence-corrected chi connectivity index (χ4v) is 4.11. The molecule has 6 heteroatoms. The molecule has 3 rings (SSSR count). The molecule has 1 heterocycles. The molecule has 1 saturated heterocycles. The number of hydrogen-bond donors (Lipinski definition) is 1. The van der Waals surface area contributed by atoms with Gasteiger partial charge in [0.15, 0.2) is 0 Å². The number of ether oxygens (including phenoxy) is 1. The topological polar surface area (TPSA) is 58.6 Å². The lowest BCUT2D eigenvalue weighted by atomic mass is 10.0. The number of aryl methyl sites for hydroxylation is 1. The number of carbonyl (C=O) groups is 2. The number of amides is 2. The summed E-state index contributed by atoms with van der Waals surface area (Å²) in [6, 6.07) is 15.4. The van der Waals surface area contributed by atoms with Gasteiger partial charge < -0.3 is 15.0 Å². The largest absolute Gasteiger partial charge is 0.496 e. The van der Waals surface area contributed by atoms with Gasteiger partial charge in [-0.3, -0.25) is 9.59 Å². The van der Waals surface area contributed by atoms with E-state index in [2.05, 4.69) is 40.0 Å². The molecule has 1 atom stereocenters. The van der Waals surface area contributed by atoms with Crippen molar-refractivity contribution < 1.29 is 14.3 Å². The van der Waals surface area contributed by atoms with E-state index in [0.29, 0.717) is 13.0 Å².